The summed E-state index contributed by atoms with van der Waals surface area (Å²) in [4.78, 5) is 12.5. The highest BCUT2D eigenvalue weighted by Gasteiger charge is 2.20. The monoisotopic (exact) mass is 283 g/mol. The molecule has 0 unspecified atom stereocenters. The molecule has 4 nitrogen and oxygen atoms in total. The minimum atomic E-state index is -0.156. The Morgan fingerprint density at radius 3 is 2.67 bits per heavy atom. The van der Waals surface area contributed by atoms with Crippen LogP contribution in [0.15, 0.2) is 48.5 Å². The molecule has 0 aliphatic carbocycles. The van der Waals surface area contributed by atoms with Crippen molar-refractivity contribution in [2.45, 2.75) is 19.3 Å². The largest absolute Gasteiger partial charge is 0.454 e. The van der Waals surface area contributed by atoms with Crippen LogP contribution in [0, 0.1) is 0 Å². The van der Waals surface area contributed by atoms with Gasteiger partial charge in [-0.1, -0.05) is 37.3 Å². The van der Waals surface area contributed by atoms with Crippen LogP contribution >= 0.6 is 0 Å². The van der Waals surface area contributed by atoms with Crippen molar-refractivity contribution in [1.82, 2.24) is 0 Å². The lowest BCUT2D eigenvalue weighted by Gasteiger charge is -2.15. The van der Waals surface area contributed by atoms with Gasteiger partial charge in [0.05, 0.1) is 5.92 Å². The summed E-state index contributed by atoms with van der Waals surface area (Å²) in [6.45, 7) is 2.24. The number of nitrogens with one attached hydrogen (secondary N) is 1. The summed E-state index contributed by atoms with van der Waals surface area (Å²) in [5.74, 6) is 1.21. The predicted molar refractivity (Wildman–Crippen MR) is 80.7 cm³/mol. The SMILES string of the molecule is CC[C@@H](C(=O)Nc1ccc2c(c1)OCO2)c1ccccc1. The van der Waals surface area contributed by atoms with Gasteiger partial charge in [-0.15, -0.1) is 0 Å². The molecule has 1 amide bonds. The quantitative estimate of drug-likeness (QED) is 0.933. The number of ether oxygens (including phenoxy) is 2. The number of rotatable bonds is 4. The van der Waals surface area contributed by atoms with Gasteiger partial charge in [-0.3, -0.25) is 4.79 Å². The van der Waals surface area contributed by atoms with Crippen LogP contribution in [0.5, 0.6) is 11.5 Å². The molecule has 0 saturated heterocycles. The smallest absolute Gasteiger partial charge is 0.231 e. The molecule has 4 heteroatoms. The van der Waals surface area contributed by atoms with Crippen LogP contribution in [0.4, 0.5) is 5.69 Å². The van der Waals surface area contributed by atoms with Crippen LogP contribution < -0.4 is 14.8 Å². The van der Waals surface area contributed by atoms with Crippen LogP contribution in [0.1, 0.15) is 24.8 Å². The van der Waals surface area contributed by atoms with Crippen molar-refractivity contribution < 1.29 is 14.3 Å². The predicted octanol–water partition coefficient (Wildman–Crippen LogP) is 3.55. The Kier molecular flexibility index (Phi) is 3.77. The van der Waals surface area contributed by atoms with E-state index in [0.29, 0.717) is 11.5 Å². The van der Waals surface area contributed by atoms with Crippen LogP contribution in [0.3, 0.4) is 0 Å². The molecule has 0 saturated carbocycles. The lowest BCUT2D eigenvalue weighted by atomic mass is 9.95. The van der Waals surface area contributed by atoms with Crippen LogP contribution in [0.25, 0.3) is 0 Å². The van der Waals surface area contributed by atoms with Crippen LogP contribution in [-0.4, -0.2) is 12.7 Å². The van der Waals surface area contributed by atoms with E-state index in [1.165, 1.54) is 0 Å². The summed E-state index contributed by atoms with van der Waals surface area (Å²) >= 11 is 0. The molecular formula is C17H17NO3. The van der Waals surface area contributed by atoms with E-state index in [1.54, 1.807) is 12.1 Å². The van der Waals surface area contributed by atoms with Crippen molar-refractivity contribution >= 4 is 11.6 Å². The molecule has 0 fully saturated rings. The van der Waals surface area contributed by atoms with Gasteiger partial charge in [0.1, 0.15) is 0 Å². The van der Waals surface area contributed by atoms with E-state index in [1.807, 2.05) is 43.3 Å². The molecule has 3 rings (SSSR count). The molecular weight excluding hydrogens is 266 g/mol. The Hall–Kier alpha value is -2.49. The van der Waals surface area contributed by atoms with Crippen molar-refractivity contribution in [2.24, 2.45) is 0 Å². The van der Waals surface area contributed by atoms with Crippen LogP contribution in [0.2, 0.25) is 0 Å². The lowest BCUT2D eigenvalue weighted by Crippen LogP contribution is -2.20. The average Bonchev–Trinajstić information content (AvgIpc) is 2.96. The van der Waals surface area contributed by atoms with Gasteiger partial charge in [-0.2, -0.15) is 0 Å². The molecule has 2 aromatic carbocycles. The Morgan fingerprint density at radius 2 is 1.90 bits per heavy atom. The number of carbonyl (C=O) groups is 1. The fourth-order valence-electron chi connectivity index (χ4n) is 2.46. The zero-order valence-electron chi connectivity index (χ0n) is 11.8. The highest BCUT2D eigenvalue weighted by molar-refractivity contribution is 5.96. The van der Waals surface area contributed by atoms with Gasteiger partial charge >= 0.3 is 0 Å². The number of carbonyl (C=O) groups excluding carboxylic acids is 1. The zero-order chi connectivity index (χ0) is 14.7. The number of anilines is 1. The minimum absolute atomic E-state index is 0.0115. The Labute approximate surface area is 123 Å². The van der Waals surface area contributed by atoms with Crippen molar-refractivity contribution in [3.8, 4) is 11.5 Å². The number of hydrogen-bond donors (Lipinski definition) is 1. The van der Waals surface area contributed by atoms with E-state index in [-0.39, 0.29) is 18.6 Å². The molecule has 1 atom stereocenters. The van der Waals surface area contributed by atoms with Gasteiger partial charge in [0.15, 0.2) is 11.5 Å². The number of hydrogen-bond acceptors (Lipinski definition) is 3. The maximum absolute atomic E-state index is 12.5. The van der Waals surface area contributed by atoms with Gasteiger partial charge in [0, 0.05) is 11.8 Å². The van der Waals surface area contributed by atoms with E-state index in [4.69, 9.17) is 9.47 Å². The summed E-state index contributed by atoms with van der Waals surface area (Å²) in [7, 11) is 0. The fraction of sp³-hybridized carbons (Fsp3) is 0.235. The number of fused-ring (bicyclic) bond motifs is 1. The molecule has 0 aromatic heterocycles. The molecule has 0 radical (unpaired) electrons. The fourth-order valence-corrected chi connectivity index (χ4v) is 2.46. The minimum Gasteiger partial charge on any atom is -0.454 e. The van der Waals surface area contributed by atoms with Gasteiger partial charge in [-0.25, -0.2) is 0 Å². The summed E-state index contributed by atoms with van der Waals surface area (Å²) in [5.41, 5.74) is 1.75. The molecule has 1 aliphatic heterocycles. The first-order valence-corrected chi connectivity index (χ1v) is 7.03. The normalized spacial score (nSPS) is 13.8. The van der Waals surface area contributed by atoms with Crippen molar-refractivity contribution in [1.29, 1.82) is 0 Å². The van der Waals surface area contributed by atoms with Gasteiger partial charge < -0.3 is 14.8 Å². The summed E-state index contributed by atoms with van der Waals surface area (Å²) in [6, 6.07) is 15.2. The first kappa shape index (κ1) is 13.5. The Balaban J connectivity index is 1.76. The van der Waals surface area contributed by atoms with E-state index in [0.717, 1.165) is 17.7 Å². The van der Waals surface area contributed by atoms with Gasteiger partial charge in [0.2, 0.25) is 12.7 Å². The number of benzene rings is 2. The molecule has 2 aromatic rings. The van der Waals surface area contributed by atoms with E-state index >= 15 is 0 Å². The van der Waals surface area contributed by atoms with Gasteiger partial charge in [0.25, 0.3) is 0 Å². The second-order valence-corrected chi connectivity index (χ2v) is 4.93. The average molecular weight is 283 g/mol. The van der Waals surface area contributed by atoms with Crippen molar-refractivity contribution in [3.05, 3.63) is 54.1 Å². The topological polar surface area (TPSA) is 47.6 Å². The first-order valence-electron chi connectivity index (χ1n) is 7.03. The van der Waals surface area contributed by atoms with E-state index < -0.39 is 0 Å². The van der Waals surface area contributed by atoms with Crippen LogP contribution in [-0.2, 0) is 4.79 Å². The highest BCUT2D eigenvalue weighted by Crippen LogP contribution is 2.34. The molecule has 21 heavy (non-hydrogen) atoms. The zero-order valence-corrected chi connectivity index (χ0v) is 11.8. The van der Waals surface area contributed by atoms with Crippen molar-refractivity contribution in [3.63, 3.8) is 0 Å². The lowest BCUT2D eigenvalue weighted by molar-refractivity contribution is -0.117. The first-order chi connectivity index (χ1) is 10.3. The molecule has 1 aliphatic rings. The molecule has 108 valence electrons. The maximum Gasteiger partial charge on any atom is 0.231 e. The summed E-state index contributed by atoms with van der Waals surface area (Å²) in [5, 5.41) is 2.95. The Bertz CT molecular complexity index is 640. The molecule has 0 spiro atoms. The summed E-state index contributed by atoms with van der Waals surface area (Å²) < 4.78 is 10.6. The van der Waals surface area contributed by atoms with Crippen molar-refractivity contribution in [2.75, 3.05) is 12.1 Å². The van der Waals surface area contributed by atoms with E-state index in [2.05, 4.69) is 5.32 Å². The molecule has 1 N–H and O–H groups in total. The number of amides is 1. The summed E-state index contributed by atoms with van der Waals surface area (Å²) in [6.07, 6.45) is 0.750. The third-order valence-corrected chi connectivity index (χ3v) is 3.57. The maximum atomic E-state index is 12.5. The van der Waals surface area contributed by atoms with Gasteiger partial charge in [-0.05, 0) is 24.1 Å². The highest BCUT2D eigenvalue weighted by atomic mass is 16.7. The standard InChI is InChI=1S/C17H17NO3/c1-2-14(12-6-4-3-5-7-12)17(19)18-13-8-9-15-16(10-13)21-11-20-15/h3-10,14H,2,11H2,1H3,(H,18,19)/t14-/m1/s1. The molecule has 1 heterocycles. The third-order valence-electron chi connectivity index (χ3n) is 3.57. The second-order valence-electron chi connectivity index (χ2n) is 4.93. The molecule has 0 bridgehead atoms. The van der Waals surface area contributed by atoms with E-state index in [9.17, 15) is 4.79 Å². The second kappa shape index (κ2) is 5.87. The Morgan fingerprint density at radius 1 is 1.14 bits per heavy atom. The third kappa shape index (κ3) is 2.84.